The van der Waals surface area contributed by atoms with Gasteiger partial charge >= 0.3 is 5.97 Å². The summed E-state index contributed by atoms with van der Waals surface area (Å²) < 4.78 is 16.2. The zero-order chi connectivity index (χ0) is 24.7. The number of rotatable bonds is 9. The van der Waals surface area contributed by atoms with Gasteiger partial charge in [0, 0.05) is 5.69 Å². The molecule has 0 saturated heterocycles. The first kappa shape index (κ1) is 24.8. The number of nitrogens with one attached hydrogen (secondary N) is 2. The number of ether oxygens (including phenoxy) is 3. The van der Waals surface area contributed by atoms with E-state index in [0.717, 1.165) is 11.3 Å². The Balaban J connectivity index is 1.85. The van der Waals surface area contributed by atoms with E-state index in [1.165, 1.54) is 7.11 Å². The van der Waals surface area contributed by atoms with Gasteiger partial charge in [0.15, 0.2) is 17.6 Å². The summed E-state index contributed by atoms with van der Waals surface area (Å²) in [6, 6.07) is 15.9. The van der Waals surface area contributed by atoms with Crippen molar-refractivity contribution in [1.82, 2.24) is 0 Å². The van der Waals surface area contributed by atoms with Crippen molar-refractivity contribution in [2.75, 3.05) is 24.4 Å². The lowest BCUT2D eigenvalue weighted by atomic mass is 10.1. The largest absolute Gasteiger partial charge is 0.493 e. The molecule has 178 valence electrons. The monoisotopic (exact) mass is 482 g/mol. The molecule has 0 aliphatic carbocycles. The van der Waals surface area contributed by atoms with Crippen LogP contribution in [0.25, 0.3) is 0 Å². The number of anilines is 2. The third-order valence-corrected chi connectivity index (χ3v) is 6.05. The fourth-order valence-corrected chi connectivity index (χ4v) is 4.24. The Morgan fingerprint density at radius 2 is 1.62 bits per heavy atom. The molecule has 0 bridgehead atoms. The van der Waals surface area contributed by atoms with Gasteiger partial charge in [0.05, 0.1) is 24.2 Å². The van der Waals surface area contributed by atoms with Gasteiger partial charge in [0.1, 0.15) is 5.00 Å². The van der Waals surface area contributed by atoms with Gasteiger partial charge in [-0.05, 0) is 50.6 Å². The van der Waals surface area contributed by atoms with Gasteiger partial charge in [-0.15, -0.1) is 11.3 Å². The maximum absolute atomic E-state index is 12.9. The number of carbonyl (C=O) groups excluding carboxylic acids is 3. The third kappa shape index (κ3) is 5.74. The number of hydrogen-bond donors (Lipinski definition) is 2. The Morgan fingerprint density at radius 3 is 2.26 bits per heavy atom. The Hall–Kier alpha value is -3.85. The van der Waals surface area contributed by atoms with Crippen molar-refractivity contribution < 1.29 is 28.6 Å². The molecule has 1 heterocycles. The normalized spacial score (nSPS) is 11.3. The molecule has 1 unspecified atom stereocenters. The van der Waals surface area contributed by atoms with Crippen molar-refractivity contribution in [2.45, 2.75) is 26.9 Å². The molecule has 0 saturated carbocycles. The van der Waals surface area contributed by atoms with Gasteiger partial charge in [-0.3, -0.25) is 9.59 Å². The maximum atomic E-state index is 12.9. The van der Waals surface area contributed by atoms with Crippen molar-refractivity contribution in [3.05, 3.63) is 70.6 Å². The smallest absolute Gasteiger partial charge is 0.341 e. The van der Waals surface area contributed by atoms with Gasteiger partial charge < -0.3 is 24.8 Å². The van der Waals surface area contributed by atoms with Crippen LogP contribution in [-0.2, 0) is 9.53 Å². The number of carbonyl (C=O) groups is 3. The molecule has 0 fully saturated rings. The molecular formula is C25H26N2O6S. The van der Waals surface area contributed by atoms with E-state index >= 15 is 0 Å². The molecule has 0 spiro atoms. The van der Waals surface area contributed by atoms with E-state index in [1.54, 1.807) is 69.3 Å². The average Bonchev–Trinajstić information content (AvgIpc) is 3.15. The molecule has 8 nitrogen and oxygen atoms in total. The van der Waals surface area contributed by atoms with E-state index < -0.39 is 23.9 Å². The van der Waals surface area contributed by atoms with Crippen molar-refractivity contribution in [3.8, 4) is 11.5 Å². The lowest BCUT2D eigenvalue weighted by Crippen LogP contribution is -2.30. The number of amides is 2. The summed E-state index contributed by atoms with van der Waals surface area (Å²) in [4.78, 5) is 38.8. The van der Waals surface area contributed by atoms with Crippen LogP contribution in [0.1, 0.15) is 39.4 Å². The zero-order valence-electron chi connectivity index (χ0n) is 19.3. The van der Waals surface area contributed by atoms with Gasteiger partial charge in [0.2, 0.25) is 0 Å². The average molecular weight is 483 g/mol. The number of benzene rings is 2. The highest BCUT2D eigenvalue weighted by atomic mass is 32.1. The highest BCUT2D eigenvalue weighted by Gasteiger charge is 2.28. The van der Waals surface area contributed by atoms with Crippen molar-refractivity contribution >= 4 is 39.8 Å². The van der Waals surface area contributed by atoms with Crippen LogP contribution in [0, 0.1) is 6.92 Å². The van der Waals surface area contributed by atoms with Gasteiger partial charge in [-0.25, -0.2) is 4.79 Å². The number of esters is 1. The summed E-state index contributed by atoms with van der Waals surface area (Å²) >= 11 is 1.00. The van der Waals surface area contributed by atoms with Crippen LogP contribution in [0.5, 0.6) is 11.5 Å². The predicted molar refractivity (Wildman–Crippen MR) is 131 cm³/mol. The summed E-state index contributed by atoms with van der Waals surface area (Å²) in [6.07, 6.45) is -0.907. The summed E-state index contributed by atoms with van der Waals surface area (Å²) in [5, 5.41) is 5.74. The third-order valence-electron chi connectivity index (χ3n) is 4.84. The lowest BCUT2D eigenvalue weighted by molar-refractivity contribution is -0.122. The molecule has 0 aliphatic rings. The highest BCUT2D eigenvalue weighted by Crippen LogP contribution is 2.35. The van der Waals surface area contributed by atoms with Crippen molar-refractivity contribution in [2.24, 2.45) is 0 Å². The van der Waals surface area contributed by atoms with E-state index in [-0.39, 0.29) is 17.2 Å². The molecule has 0 radical (unpaired) electrons. The van der Waals surface area contributed by atoms with Crippen LogP contribution in [0.2, 0.25) is 0 Å². The number of para-hydroxylation sites is 3. The van der Waals surface area contributed by atoms with Crippen LogP contribution in [0.15, 0.2) is 54.6 Å². The first-order chi connectivity index (χ1) is 16.3. The van der Waals surface area contributed by atoms with Gasteiger partial charge in [0.25, 0.3) is 11.8 Å². The summed E-state index contributed by atoms with van der Waals surface area (Å²) in [7, 11) is 1.51. The first-order valence-electron chi connectivity index (χ1n) is 10.6. The minimum Gasteiger partial charge on any atom is -0.493 e. The predicted octanol–water partition coefficient (Wildman–Crippen LogP) is 4.90. The van der Waals surface area contributed by atoms with E-state index in [2.05, 4.69) is 10.6 Å². The Kier molecular flexibility index (Phi) is 8.26. The molecule has 1 aromatic heterocycles. The minimum absolute atomic E-state index is 0.142. The van der Waals surface area contributed by atoms with Gasteiger partial charge in [-0.2, -0.15) is 0 Å². The molecule has 34 heavy (non-hydrogen) atoms. The lowest BCUT2D eigenvalue weighted by Gasteiger charge is -2.16. The molecule has 0 aliphatic heterocycles. The second-order valence-electron chi connectivity index (χ2n) is 7.20. The number of hydrogen-bond acceptors (Lipinski definition) is 7. The van der Waals surface area contributed by atoms with Gasteiger partial charge in [-0.1, -0.05) is 30.3 Å². The molecule has 2 amide bonds. The Bertz CT molecular complexity index is 1180. The second kappa shape index (κ2) is 11.3. The number of methoxy groups -OCH3 is 1. The summed E-state index contributed by atoms with van der Waals surface area (Å²) in [5.74, 6) is -0.612. The standard InChI is InChI=1S/C25H26N2O6S/c1-5-32-25(30)20-15(2)21(23(29)26-17-11-7-6-8-12-17)34-24(20)27-22(28)16(3)33-19-14-10-9-13-18(19)31-4/h6-14,16H,5H2,1-4H3,(H,26,29)(H,27,28). The number of thiophene rings is 1. The van der Waals surface area contributed by atoms with Crippen LogP contribution in [0.3, 0.4) is 0 Å². The molecule has 9 heteroatoms. The molecule has 3 rings (SSSR count). The van der Waals surface area contributed by atoms with E-state index in [1.807, 2.05) is 6.07 Å². The second-order valence-corrected chi connectivity index (χ2v) is 8.22. The summed E-state index contributed by atoms with van der Waals surface area (Å²) in [5.41, 5.74) is 1.18. The van der Waals surface area contributed by atoms with Crippen molar-refractivity contribution in [3.63, 3.8) is 0 Å². The van der Waals surface area contributed by atoms with Crippen LogP contribution in [0.4, 0.5) is 10.7 Å². The first-order valence-corrected chi connectivity index (χ1v) is 11.4. The molecule has 1 atom stereocenters. The van der Waals surface area contributed by atoms with E-state index in [4.69, 9.17) is 14.2 Å². The molecular weight excluding hydrogens is 456 g/mol. The van der Waals surface area contributed by atoms with Crippen LogP contribution in [-0.4, -0.2) is 37.6 Å². The summed E-state index contributed by atoms with van der Waals surface area (Å²) in [6.45, 7) is 5.06. The zero-order valence-corrected chi connectivity index (χ0v) is 20.2. The van der Waals surface area contributed by atoms with Crippen LogP contribution < -0.4 is 20.1 Å². The topological polar surface area (TPSA) is 103 Å². The fraction of sp³-hybridized carbons (Fsp3) is 0.240. The quantitative estimate of drug-likeness (QED) is 0.421. The highest BCUT2D eigenvalue weighted by molar-refractivity contribution is 7.19. The Labute approximate surface area is 201 Å². The SMILES string of the molecule is CCOC(=O)c1c(NC(=O)C(C)Oc2ccccc2OC)sc(C(=O)Nc2ccccc2)c1C. The Morgan fingerprint density at radius 1 is 0.971 bits per heavy atom. The van der Waals surface area contributed by atoms with Crippen LogP contribution >= 0.6 is 11.3 Å². The fourth-order valence-electron chi connectivity index (χ4n) is 3.15. The molecule has 2 N–H and O–H groups in total. The molecule has 3 aromatic rings. The van der Waals surface area contributed by atoms with Crippen molar-refractivity contribution in [1.29, 1.82) is 0 Å². The minimum atomic E-state index is -0.907. The maximum Gasteiger partial charge on any atom is 0.341 e. The van der Waals surface area contributed by atoms with E-state index in [0.29, 0.717) is 27.6 Å². The van der Waals surface area contributed by atoms with E-state index in [9.17, 15) is 14.4 Å². The molecule has 2 aromatic carbocycles.